The number of aromatic amines is 1. The second-order valence-corrected chi connectivity index (χ2v) is 9.41. The predicted molar refractivity (Wildman–Crippen MR) is 114 cm³/mol. The summed E-state index contributed by atoms with van der Waals surface area (Å²) in [4.78, 5) is 17.6. The molecule has 0 atom stereocenters. The van der Waals surface area contributed by atoms with E-state index in [-0.39, 0.29) is 11.7 Å². The molecular formula is C24H31FN4O. The molecule has 2 aliphatic heterocycles. The maximum atomic E-state index is 13.8. The number of rotatable bonds is 4. The third-order valence-electron chi connectivity index (χ3n) is 7.41. The van der Waals surface area contributed by atoms with Gasteiger partial charge in [0.2, 0.25) is 0 Å². The molecule has 1 aromatic heterocycles. The number of H-pyrrole nitrogens is 1. The summed E-state index contributed by atoms with van der Waals surface area (Å²) in [6.07, 6.45) is 5.47. The Morgan fingerprint density at radius 1 is 1.13 bits per heavy atom. The first-order chi connectivity index (χ1) is 14.5. The van der Waals surface area contributed by atoms with Gasteiger partial charge >= 0.3 is 0 Å². The molecule has 30 heavy (non-hydrogen) atoms. The summed E-state index contributed by atoms with van der Waals surface area (Å²) < 4.78 is 13.8. The van der Waals surface area contributed by atoms with Gasteiger partial charge in [-0.15, -0.1) is 0 Å². The summed E-state index contributed by atoms with van der Waals surface area (Å²) in [5, 5.41) is 7.58. The van der Waals surface area contributed by atoms with E-state index < -0.39 is 0 Å². The third kappa shape index (κ3) is 3.66. The van der Waals surface area contributed by atoms with E-state index in [9.17, 15) is 9.18 Å². The van der Waals surface area contributed by atoms with Gasteiger partial charge in [0.15, 0.2) is 5.69 Å². The van der Waals surface area contributed by atoms with Crippen molar-refractivity contribution in [2.75, 3.05) is 26.2 Å². The van der Waals surface area contributed by atoms with Crippen molar-refractivity contribution < 1.29 is 9.18 Å². The third-order valence-corrected chi connectivity index (χ3v) is 7.41. The lowest BCUT2D eigenvalue weighted by Crippen LogP contribution is -2.39. The molecule has 0 spiro atoms. The Morgan fingerprint density at radius 2 is 1.90 bits per heavy atom. The van der Waals surface area contributed by atoms with Crippen molar-refractivity contribution in [3.8, 4) is 0 Å². The molecule has 6 heteroatoms. The average Bonchev–Trinajstić information content (AvgIpc) is 3.47. The van der Waals surface area contributed by atoms with Crippen LogP contribution in [0.15, 0.2) is 12.1 Å². The Kier molecular flexibility index (Phi) is 5.13. The minimum absolute atomic E-state index is 0.0635. The first-order valence-corrected chi connectivity index (χ1v) is 11.3. The van der Waals surface area contributed by atoms with Crippen LogP contribution in [-0.4, -0.2) is 52.1 Å². The largest absolute Gasteiger partial charge is 0.337 e. The number of nitrogens with one attached hydrogen (secondary N) is 1. The van der Waals surface area contributed by atoms with E-state index in [2.05, 4.69) is 15.1 Å². The number of hydrogen-bond acceptors (Lipinski definition) is 3. The van der Waals surface area contributed by atoms with Crippen molar-refractivity contribution in [2.45, 2.75) is 58.4 Å². The first-order valence-electron chi connectivity index (χ1n) is 11.3. The maximum absolute atomic E-state index is 13.8. The molecule has 0 unspecified atom stereocenters. The van der Waals surface area contributed by atoms with Gasteiger partial charge in [0, 0.05) is 38.3 Å². The van der Waals surface area contributed by atoms with Crippen molar-refractivity contribution in [3.63, 3.8) is 0 Å². The van der Waals surface area contributed by atoms with Crippen molar-refractivity contribution >= 4 is 5.91 Å². The molecule has 1 saturated carbocycles. The van der Waals surface area contributed by atoms with Crippen LogP contribution >= 0.6 is 0 Å². The van der Waals surface area contributed by atoms with Gasteiger partial charge in [-0.3, -0.25) is 14.8 Å². The summed E-state index contributed by atoms with van der Waals surface area (Å²) in [5.74, 6) is 1.19. The highest BCUT2D eigenvalue weighted by molar-refractivity contribution is 5.94. The number of hydrogen-bond donors (Lipinski definition) is 1. The molecule has 2 fully saturated rings. The van der Waals surface area contributed by atoms with Crippen LogP contribution in [-0.2, 0) is 13.0 Å². The lowest BCUT2D eigenvalue weighted by molar-refractivity contribution is 0.0705. The van der Waals surface area contributed by atoms with Crippen molar-refractivity contribution in [1.29, 1.82) is 0 Å². The number of carbonyl (C=O) groups is 1. The van der Waals surface area contributed by atoms with Gasteiger partial charge in [0.1, 0.15) is 5.82 Å². The predicted octanol–water partition coefficient (Wildman–Crippen LogP) is 3.95. The van der Waals surface area contributed by atoms with Crippen LogP contribution in [0.25, 0.3) is 0 Å². The zero-order valence-electron chi connectivity index (χ0n) is 18.0. The monoisotopic (exact) mass is 410 g/mol. The highest BCUT2D eigenvalue weighted by atomic mass is 19.1. The van der Waals surface area contributed by atoms with Gasteiger partial charge < -0.3 is 4.90 Å². The minimum Gasteiger partial charge on any atom is -0.337 e. The van der Waals surface area contributed by atoms with Gasteiger partial charge in [-0.05, 0) is 80.5 Å². The van der Waals surface area contributed by atoms with E-state index in [0.717, 1.165) is 73.7 Å². The molecule has 5 rings (SSSR count). The Balaban J connectivity index is 1.24. The number of nitrogens with zero attached hydrogens (tertiary/aromatic N) is 3. The van der Waals surface area contributed by atoms with Crippen LogP contribution in [0.2, 0.25) is 0 Å². The molecule has 1 aliphatic carbocycles. The molecule has 5 nitrogen and oxygen atoms in total. The van der Waals surface area contributed by atoms with Crippen LogP contribution < -0.4 is 0 Å². The molecule has 1 saturated heterocycles. The van der Waals surface area contributed by atoms with E-state index in [0.29, 0.717) is 11.6 Å². The van der Waals surface area contributed by atoms with Gasteiger partial charge in [-0.2, -0.15) is 5.10 Å². The highest BCUT2D eigenvalue weighted by Crippen LogP contribution is 2.34. The number of benzene rings is 1. The van der Waals surface area contributed by atoms with Crippen LogP contribution in [0.3, 0.4) is 0 Å². The van der Waals surface area contributed by atoms with Gasteiger partial charge in [-0.1, -0.05) is 6.07 Å². The number of halogens is 1. The average molecular weight is 411 g/mol. The number of likely N-dealkylation sites (tertiary alicyclic amines) is 1. The second-order valence-electron chi connectivity index (χ2n) is 9.41. The standard InChI is InChI=1S/C24H31FN4O/c1-15-16(2)21(25)6-5-19(15)18-7-11-29(12-8-18)24(30)23-20-9-10-28(13-17-3-4-17)14-22(20)26-27-23/h5-6,17-18H,3-4,7-14H2,1-2H3,(H,26,27). The molecular weight excluding hydrogens is 379 g/mol. The fourth-order valence-electron chi connectivity index (χ4n) is 5.17. The number of piperidine rings is 1. The smallest absolute Gasteiger partial charge is 0.274 e. The highest BCUT2D eigenvalue weighted by Gasteiger charge is 2.32. The fourth-order valence-corrected chi connectivity index (χ4v) is 5.17. The molecule has 0 bridgehead atoms. The van der Waals surface area contributed by atoms with Crippen molar-refractivity contribution in [2.24, 2.45) is 5.92 Å². The number of amides is 1. The van der Waals surface area contributed by atoms with Crippen LogP contribution in [0.4, 0.5) is 4.39 Å². The zero-order chi connectivity index (χ0) is 20.8. The van der Waals surface area contributed by atoms with Gasteiger partial charge in [-0.25, -0.2) is 4.39 Å². The molecule has 3 aliphatic rings. The SMILES string of the molecule is Cc1c(F)ccc(C2CCN(C(=O)c3n[nH]c4c3CCN(CC3CC3)C4)CC2)c1C. The van der Waals surface area contributed by atoms with E-state index >= 15 is 0 Å². The van der Waals surface area contributed by atoms with E-state index in [1.54, 1.807) is 6.07 Å². The molecule has 2 aromatic rings. The molecule has 1 amide bonds. The normalized spacial score (nSPS) is 20.4. The van der Waals surface area contributed by atoms with Crippen molar-refractivity contribution in [1.82, 2.24) is 20.0 Å². The lowest BCUT2D eigenvalue weighted by Gasteiger charge is -2.33. The minimum atomic E-state index is -0.136. The number of carbonyl (C=O) groups excluding carboxylic acids is 1. The summed E-state index contributed by atoms with van der Waals surface area (Å²) in [7, 11) is 0. The summed E-state index contributed by atoms with van der Waals surface area (Å²) in [6.45, 7) is 8.40. The second kappa shape index (κ2) is 7.80. The lowest BCUT2D eigenvalue weighted by atomic mass is 9.85. The molecule has 1 aromatic carbocycles. The van der Waals surface area contributed by atoms with Gasteiger partial charge in [0.05, 0.1) is 5.69 Å². The Bertz CT molecular complexity index is 956. The summed E-state index contributed by atoms with van der Waals surface area (Å²) >= 11 is 0. The quantitative estimate of drug-likeness (QED) is 0.830. The van der Waals surface area contributed by atoms with E-state index in [1.165, 1.54) is 24.9 Å². The number of aromatic nitrogens is 2. The van der Waals surface area contributed by atoms with Crippen LogP contribution in [0.1, 0.15) is 70.0 Å². The maximum Gasteiger partial charge on any atom is 0.274 e. The van der Waals surface area contributed by atoms with E-state index in [1.807, 2.05) is 24.8 Å². The summed E-state index contributed by atoms with van der Waals surface area (Å²) in [6, 6.07) is 3.51. The molecule has 1 N–H and O–H groups in total. The Labute approximate surface area is 177 Å². The Hall–Kier alpha value is -2.21. The first kappa shape index (κ1) is 19.7. The van der Waals surface area contributed by atoms with Crippen LogP contribution in [0.5, 0.6) is 0 Å². The summed E-state index contributed by atoms with van der Waals surface area (Å²) in [5.41, 5.74) is 5.90. The molecule has 0 radical (unpaired) electrons. The topological polar surface area (TPSA) is 52.2 Å². The molecule has 160 valence electrons. The van der Waals surface area contributed by atoms with Crippen molar-refractivity contribution in [3.05, 3.63) is 51.6 Å². The Morgan fingerprint density at radius 3 is 2.63 bits per heavy atom. The van der Waals surface area contributed by atoms with E-state index in [4.69, 9.17) is 0 Å². The zero-order valence-corrected chi connectivity index (χ0v) is 18.0. The molecule has 3 heterocycles. The van der Waals surface area contributed by atoms with Gasteiger partial charge in [0.25, 0.3) is 5.91 Å². The fraction of sp³-hybridized carbons (Fsp3) is 0.583. The van der Waals surface area contributed by atoms with Crippen LogP contribution in [0, 0.1) is 25.6 Å². The number of fused-ring (bicyclic) bond motifs is 1.